The molecule has 49 heavy (non-hydrogen) atoms. The van der Waals surface area contributed by atoms with Crippen molar-refractivity contribution >= 4 is 28.9 Å². The number of rotatable bonds is 13. The number of primary amides is 1. The summed E-state index contributed by atoms with van der Waals surface area (Å²) in [7, 11) is 0. The van der Waals surface area contributed by atoms with Gasteiger partial charge in [-0.15, -0.1) is 0 Å². The standard InChI is InChI=1S/C36H38N2O11/c1-20(6-5-9-21-7-3-2-4-8-21)16-17-38-19-36(46)32(42)29(41)31(34(44)45)49-35(36)47-24-14-15-25-26(18-24)48-30(33(37)43)27(28(25)40)22-10-12-23(39)13-11-22/h2-5,7-15,18,20,29,31-32,35,38-39,41-42,46H,6,16-17,19H2,1H3,(H2,37,43)(H,44,45)/b9-5+/t20-,29+,31-,32-,35+,36+/m0/s1. The second-order valence-electron chi connectivity index (χ2n) is 12.1. The number of carboxylic acids is 1. The molecule has 6 atom stereocenters. The van der Waals surface area contributed by atoms with Gasteiger partial charge < -0.3 is 50.5 Å². The van der Waals surface area contributed by atoms with Crippen LogP contribution in [0.1, 0.15) is 35.9 Å². The Kier molecular flexibility index (Phi) is 10.8. The van der Waals surface area contributed by atoms with Gasteiger partial charge in [-0.25, -0.2) is 4.79 Å². The van der Waals surface area contributed by atoms with E-state index in [0.717, 1.165) is 12.0 Å². The molecule has 2 heterocycles. The number of aliphatic carboxylic acids is 1. The van der Waals surface area contributed by atoms with Crippen molar-refractivity contribution in [2.24, 2.45) is 11.7 Å². The molecule has 0 aliphatic carbocycles. The van der Waals surface area contributed by atoms with Crippen molar-refractivity contribution in [1.82, 2.24) is 5.32 Å². The number of phenols is 1. The molecule has 8 N–H and O–H groups in total. The van der Waals surface area contributed by atoms with E-state index in [2.05, 4.69) is 18.3 Å². The predicted molar refractivity (Wildman–Crippen MR) is 179 cm³/mol. The Bertz CT molecular complexity index is 1880. The minimum atomic E-state index is -2.33. The number of aliphatic hydroxyl groups is 3. The van der Waals surface area contributed by atoms with Crippen LogP contribution in [0.25, 0.3) is 28.2 Å². The van der Waals surface area contributed by atoms with Gasteiger partial charge in [0.1, 0.15) is 29.3 Å². The van der Waals surface area contributed by atoms with Crippen LogP contribution in [0.15, 0.2) is 88.1 Å². The molecule has 13 nitrogen and oxygen atoms in total. The topological polar surface area (TPSA) is 222 Å². The summed E-state index contributed by atoms with van der Waals surface area (Å²) in [6.45, 7) is 2.12. The molecule has 5 rings (SSSR count). The monoisotopic (exact) mass is 674 g/mol. The van der Waals surface area contributed by atoms with Gasteiger partial charge >= 0.3 is 5.97 Å². The van der Waals surface area contributed by atoms with Crippen molar-refractivity contribution in [3.05, 3.63) is 100 Å². The molecule has 0 bridgehead atoms. The van der Waals surface area contributed by atoms with Gasteiger partial charge in [-0.3, -0.25) is 9.59 Å². The maximum atomic E-state index is 13.5. The zero-order valence-corrected chi connectivity index (χ0v) is 26.6. The van der Waals surface area contributed by atoms with E-state index < -0.39 is 53.3 Å². The van der Waals surface area contributed by atoms with Crippen LogP contribution >= 0.6 is 0 Å². The van der Waals surface area contributed by atoms with Crippen LogP contribution in [0.3, 0.4) is 0 Å². The van der Waals surface area contributed by atoms with E-state index in [9.17, 15) is 39.9 Å². The Balaban J connectivity index is 1.35. The van der Waals surface area contributed by atoms with Crippen LogP contribution in [-0.4, -0.2) is 80.7 Å². The largest absolute Gasteiger partial charge is 0.508 e. The van der Waals surface area contributed by atoms with Crippen molar-refractivity contribution in [3.63, 3.8) is 0 Å². The molecule has 0 radical (unpaired) electrons. The number of hydrogen-bond acceptors (Lipinski definition) is 11. The Morgan fingerprint density at radius 3 is 2.47 bits per heavy atom. The SMILES string of the molecule is C[C@@H](C/C=C/c1ccccc1)CCNC[C@]1(O)[C@H](Oc2ccc3c(=O)c(-c4ccc(O)cc4)c(C(N)=O)oc3c2)O[C@H](C(=O)O)[C@@H](O)[C@@H]1O. The molecule has 258 valence electrons. The highest BCUT2D eigenvalue weighted by atomic mass is 16.7. The van der Waals surface area contributed by atoms with E-state index in [1.807, 2.05) is 36.4 Å². The number of aliphatic hydroxyl groups excluding tert-OH is 2. The lowest BCUT2D eigenvalue weighted by atomic mass is 9.86. The highest BCUT2D eigenvalue weighted by Gasteiger charge is 2.58. The summed E-state index contributed by atoms with van der Waals surface area (Å²) in [5.74, 6) is -2.96. The van der Waals surface area contributed by atoms with Crippen molar-refractivity contribution in [2.75, 3.05) is 13.1 Å². The number of phenolic OH excluding ortho intramolecular Hbond substituents is 1. The summed E-state index contributed by atoms with van der Waals surface area (Å²) >= 11 is 0. The average Bonchev–Trinajstić information content (AvgIpc) is 3.08. The minimum absolute atomic E-state index is 0.0357. The van der Waals surface area contributed by atoms with E-state index in [-0.39, 0.29) is 46.1 Å². The van der Waals surface area contributed by atoms with Crippen LogP contribution in [0, 0.1) is 5.92 Å². The first-order valence-corrected chi connectivity index (χ1v) is 15.6. The van der Waals surface area contributed by atoms with E-state index in [0.29, 0.717) is 13.0 Å². The second-order valence-corrected chi connectivity index (χ2v) is 12.1. The number of aromatic hydroxyl groups is 1. The van der Waals surface area contributed by atoms with Gasteiger partial charge in [0.25, 0.3) is 5.91 Å². The summed E-state index contributed by atoms with van der Waals surface area (Å²) in [6.07, 6.45) is -2.15. The number of benzene rings is 3. The van der Waals surface area contributed by atoms with Crippen LogP contribution in [0.2, 0.25) is 0 Å². The van der Waals surface area contributed by atoms with Gasteiger partial charge in [-0.2, -0.15) is 0 Å². The third-order valence-corrected chi connectivity index (χ3v) is 8.42. The molecule has 1 aliphatic heterocycles. The quantitative estimate of drug-likeness (QED) is 0.102. The molecular formula is C36H38N2O11. The van der Waals surface area contributed by atoms with Gasteiger partial charge in [0.2, 0.25) is 17.5 Å². The number of nitrogens with two attached hydrogens (primary N) is 1. The summed E-state index contributed by atoms with van der Waals surface area (Å²) < 4.78 is 17.1. The van der Waals surface area contributed by atoms with Crippen LogP contribution in [-0.2, 0) is 9.53 Å². The van der Waals surface area contributed by atoms with Gasteiger partial charge in [0, 0.05) is 12.6 Å². The molecule has 0 spiro atoms. The summed E-state index contributed by atoms with van der Waals surface area (Å²) in [6, 6.07) is 19.3. The van der Waals surface area contributed by atoms with Gasteiger partial charge in [-0.05, 0) is 60.7 Å². The zero-order chi connectivity index (χ0) is 35.3. The Morgan fingerprint density at radius 1 is 1.08 bits per heavy atom. The number of ether oxygens (including phenoxy) is 2. The molecule has 1 fully saturated rings. The zero-order valence-electron chi connectivity index (χ0n) is 26.6. The third-order valence-electron chi connectivity index (χ3n) is 8.42. The summed E-state index contributed by atoms with van der Waals surface area (Å²) in [4.78, 5) is 37.7. The number of amides is 1. The molecule has 0 unspecified atom stereocenters. The van der Waals surface area contributed by atoms with Crippen molar-refractivity contribution in [2.45, 2.75) is 50.0 Å². The number of carbonyl (C=O) groups excluding carboxylic acids is 1. The van der Waals surface area contributed by atoms with Crippen molar-refractivity contribution in [1.29, 1.82) is 0 Å². The van der Waals surface area contributed by atoms with Crippen LogP contribution in [0.4, 0.5) is 0 Å². The van der Waals surface area contributed by atoms with Gasteiger partial charge in [0.05, 0.1) is 10.9 Å². The molecule has 4 aromatic rings. The van der Waals surface area contributed by atoms with E-state index >= 15 is 0 Å². The van der Waals surface area contributed by atoms with E-state index in [1.54, 1.807) is 0 Å². The lowest BCUT2D eigenvalue weighted by molar-refractivity contribution is -0.311. The molecule has 1 saturated heterocycles. The first-order chi connectivity index (χ1) is 23.4. The number of allylic oxidation sites excluding steroid dienone is 1. The van der Waals surface area contributed by atoms with Gasteiger partial charge in [-0.1, -0.05) is 61.5 Å². The van der Waals surface area contributed by atoms with E-state index in [4.69, 9.17) is 19.6 Å². The summed E-state index contributed by atoms with van der Waals surface area (Å²) in [5, 5.41) is 55.5. The highest BCUT2D eigenvalue weighted by Crippen LogP contribution is 2.34. The van der Waals surface area contributed by atoms with Crippen molar-refractivity contribution in [3.8, 4) is 22.6 Å². The lowest BCUT2D eigenvalue weighted by Crippen LogP contribution is -2.71. The fourth-order valence-electron chi connectivity index (χ4n) is 5.64. The van der Waals surface area contributed by atoms with E-state index in [1.165, 1.54) is 42.5 Å². The number of fused-ring (bicyclic) bond motifs is 1. The molecule has 13 heteroatoms. The predicted octanol–water partition coefficient (Wildman–Crippen LogP) is 2.62. The maximum Gasteiger partial charge on any atom is 0.335 e. The Hall–Kier alpha value is -5.05. The lowest BCUT2D eigenvalue weighted by Gasteiger charge is -2.46. The highest BCUT2D eigenvalue weighted by molar-refractivity contribution is 5.99. The fraction of sp³-hybridized carbons (Fsp3) is 0.306. The first kappa shape index (κ1) is 35.3. The number of carboxylic acid groups (broad SMARTS) is 1. The first-order valence-electron chi connectivity index (χ1n) is 15.6. The fourth-order valence-corrected chi connectivity index (χ4v) is 5.64. The molecule has 1 aliphatic rings. The average molecular weight is 675 g/mol. The number of hydrogen-bond donors (Lipinski definition) is 7. The smallest absolute Gasteiger partial charge is 0.335 e. The minimum Gasteiger partial charge on any atom is -0.508 e. The molecule has 3 aromatic carbocycles. The molecule has 1 aromatic heterocycles. The van der Waals surface area contributed by atoms with Gasteiger partial charge in [0.15, 0.2) is 11.7 Å². The van der Waals surface area contributed by atoms with Crippen LogP contribution < -0.4 is 21.2 Å². The molecular weight excluding hydrogens is 636 g/mol. The third kappa shape index (κ3) is 7.82. The Labute approximate surface area is 280 Å². The van der Waals surface area contributed by atoms with Crippen molar-refractivity contribution < 1.29 is 49.0 Å². The normalized spacial score (nSPS) is 23.0. The second kappa shape index (κ2) is 15.0. The molecule has 0 saturated carbocycles. The summed E-state index contributed by atoms with van der Waals surface area (Å²) in [5.41, 5.74) is 3.73. The number of carbonyl (C=O) groups is 2. The number of nitrogens with one attached hydrogen (secondary N) is 1. The Morgan fingerprint density at radius 2 is 1.80 bits per heavy atom. The maximum absolute atomic E-state index is 13.5. The van der Waals surface area contributed by atoms with Crippen LogP contribution in [0.5, 0.6) is 11.5 Å². The molecule has 1 amide bonds.